The van der Waals surface area contributed by atoms with E-state index in [2.05, 4.69) is 33.8 Å². The number of likely N-dealkylation sites (tertiary alicyclic amines) is 1. The van der Waals surface area contributed by atoms with Crippen molar-refractivity contribution in [2.45, 2.75) is 45.3 Å². The standard InChI is InChI=1S/C24H34N4O4/c1-18-6-4-5-7-28(18)24(29)22-17-32-23(25-22)16-27-10-8-26(9-11-27)15-19-12-20(30-2)14-21(13-19)31-3/h12-14,17-18H,4-11,15-16H2,1-3H3. The van der Waals surface area contributed by atoms with E-state index in [-0.39, 0.29) is 11.9 Å². The first-order chi connectivity index (χ1) is 15.6. The summed E-state index contributed by atoms with van der Waals surface area (Å²) in [5.41, 5.74) is 1.61. The SMILES string of the molecule is COc1cc(CN2CCN(Cc3nc(C(=O)N4CCCCC4C)co3)CC2)cc(OC)c1. The highest BCUT2D eigenvalue weighted by Gasteiger charge is 2.27. The second kappa shape index (κ2) is 10.4. The molecule has 8 heteroatoms. The number of hydrogen-bond donors (Lipinski definition) is 0. The summed E-state index contributed by atoms with van der Waals surface area (Å²) < 4.78 is 16.4. The van der Waals surface area contributed by atoms with Gasteiger partial charge in [-0.1, -0.05) is 0 Å². The molecule has 2 aliphatic heterocycles. The maximum Gasteiger partial charge on any atom is 0.276 e. The molecule has 0 aliphatic carbocycles. The molecule has 0 saturated carbocycles. The highest BCUT2D eigenvalue weighted by Crippen LogP contribution is 2.24. The second-order valence-electron chi connectivity index (χ2n) is 8.74. The molecule has 2 fully saturated rings. The average molecular weight is 443 g/mol. The van der Waals surface area contributed by atoms with Crippen molar-refractivity contribution >= 4 is 5.91 Å². The van der Waals surface area contributed by atoms with Crippen molar-refractivity contribution < 1.29 is 18.7 Å². The summed E-state index contributed by atoms with van der Waals surface area (Å²) in [5, 5.41) is 0. The minimum Gasteiger partial charge on any atom is -0.497 e. The first-order valence-electron chi connectivity index (χ1n) is 11.5. The summed E-state index contributed by atoms with van der Waals surface area (Å²) in [4.78, 5) is 24.0. The zero-order chi connectivity index (χ0) is 22.5. The van der Waals surface area contributed by atoms with Crippen LogP contribution in [0.2, 0.25) is 0 Å². The van der Waals surface area contributed by atoms with E-state index in [4.69, 9.17) is 13.9 Å². The van der Waals surface area contributed by atoms with E-state index in [1.54, 1.807) is 14.2 Å². The number of amides is 1. The molecule has 32 heavy (non-hydrogen) atoms. The van der Waals surface area contributed by atoms with Gasteiger partial charge in [0.2, 0.25) is 5.89 Å². The molecule has 1 aromatic carbocycles. The van der Waals surface area contributed by atoms with Gasteiger partial charge < -0.3 is 18.8 Å². The van der Waals surface area contributed by atoms with Gasteiger partial charge in [0.15, 0.2) is 5.69 Å². The molecular weight excluding hydrogens is 408 g/mol. The fourth-order valence-electron chi connectivity index (χ4n) is 4.54. The summed E-state index contributed by atoms with van der Waals surface area (Å²) >= 11 is 0. The number of benzene rings is 1. The number of nitrogens with zero attached hydrogens (tertiary/aromatic N) is 4. The van der Waals surface area contributed by atoms with E-state index in [1.165, 1.54) is 18.2 Å². The summed E-state index contributed by atoms with van der Waals surface area (Å²) in [7, 11) is 3.35. The summed E-state index contributed by atoms with van der Waals surface area (Å²) in [6.07, 6.45) is 4.83. The van der Waals surface area contributed by atoms with Crippen LogP contribution in [-0.4, -0.2) is 78.6 Å². The van der Waals surface area contributed by atoms with Crippen LogP contribution in [0.4, 0.5) is 0 Å². The lowest BCUT2D eigenvalue weighted by Crippen LogP contribution is -2.45. The van der Waals surface area contributed by atoms with E-state index >= 15 is 0 Å². The van der Waals surface area contributed by atoms with Crippen molar-refractivity contribution in [3.05, 3.63) is 41.6 Å². The Morgan fingerprint density at radius 1 is 1.00 bits per heavy atom. The molecule has 1 unspecified atom stereocenters. The van der Waals surface area contributed by atoms with Crippen LogP contribution in [0, 0.1) is 0 Å². The van der Waals surface area contributed by atoms with Crippen LogP contribution in [0.15, 0.2) is 28.9 Å². The fraction of sp³-hybridized carbons (Fsp3) is 0.583. The van der Waals surface area contributed by atoms with Gasteiger partial charge in [0.05, 0.1) is 20.8 Å². The lowest BCUT2D eigenvalue weighted by atomic mass is 10.0. The number of piperazine rings is 1. The molecule has 1 atom stereocenters. The minimum absolute atomic E-state index is 0.00858. The highest BCUT2D eigenvalue weighted by molar-refractivity contribution is 5.92. The quantitative estimate of drug-likeness (QED) is 0.653. The first kappa shape index (κ1) is 22.6. The van der Waals surface area contributed by atoms with E-state index in [0.29, 0.717) is 18.1 Å². The van der Waals surface area contributed by atoms with Crippen LogP contribution in [0.1, 0.15) is 48.1 Å². The smallest absolute Gasteiger partial charge is 0.276 e. The van der Waals surface area contributed by atoms with Crippen molar-refractivity contribution in [3.8, 4) is 11.5 Å². The number of aromatic nitrogens is 1. The Balaban J connectivity index is 1.28. The summed E-state index contributed by atoms with van der Waals surface area (Å²) in [6, 6.07) is 6.28. The minimum atomic E-state index is -0.00858. The number of methoxy groups -OCH3 is 2. The number of carbonyl (C=O) groups excluding carboxylic acids is 1. The summed E-state index contributed by atoms with van der Waals surface area (Å²) in [5.74, 6) is 2.23. The van der Waals surface area contributed by atoms with E-state index in [0.717, 1.165) is 63.6 Å². The molecule has 3 heterocycles. The molecule has 1 aromatic heterocycles. The number of hydrogen-bond acceptors (Lipinski definition) is 7. The third-order valence-corrected chi connectivity index (χ3v) is 6.48. The Morgan fingerprint density at radius 2 is 1.66 bits per heavy atom. The zero-order valence-corrected chi connectivity index (χ0v) is 19.4. The maximum absolute atomic E-state index is 12.8. The predicted octanol–water partition coefficient (Wildman–Crippen LogP) is 3.02. The third kappa shape index (κ3) is 5.42. The van der Waals surface area contributed by atoms with Gasteiger partial charge in [-0.15, -0.1) is 0 Å². The molecule has 2 saturated heterocycles. The molecular formula is C24H34N4O4. The van der Waals surface area contributed by atoms with Crippen LogP contribution in [0.25, 0.3) is 0 Å². The van der Waals surface area contributed by atoms with Crippen molar-refractivity contribution in [3.63, 3.8) is 0 Å². The monoisotopic (exact) mass is 442 g/mol. The van der Waals surface area contributed by atoms with Gasteiger partial charge in [0.1, 0.15) is 17.8 Å². The Kier molecular flexibility index (Phi) is 7.32. The molecule has 4 rings (SSSR count). The van der Waals surface area contributed by atoms with Gasteiger partial charge in [-0.2, -0.15) is 0 Å². The topological polar surface area (TPSA) is 71.3 Å². The van der Waals surface area contributed by atoms with Crippen molar-refractivity contribution in [1.29, 1.82) is 0 Å². The number of piperidine rings is 1. The molecule has 0 spiro atoms. The molecule has 1 amide bonds. The van der Waals surface area contributed by atoms with Gasteiger partial charge in [0, 0.05) is 51.4 Å². The molecule has 2 aromatic rings. The lowest BCUT2D eigenvalue weighted by molar-refractivity contribution is 0.0629. The summed E-state index contributed by atoms with van der Waals surface area (Å²) in [6.45, 7) is 8.17. The van der Waals surface area contributed by atoms with E-state index in [1.807, 2.05) is 11.0 Å². The Bertz CT molecular complexity index is 885. The zero-order valence-electron chi connectivity index (χ0n) is 19.4. The van der Waals surface area contributed by atoms with Crippen molar-refractivity contribution in [2.75, 3.05) is 46.9 Å². The second-order valence-corrected chi connectivity index (χ2v) is 8.74. The predicted molar refractivity (Wildman–Crippen MR) is 121 cm³/mol. The Morgan fingerprint density at radius 3 is 2.28 bits per heavy atom. The van der Waals surface area contributed by atoms with Gasteiger partial charge >= 0.3 is 0 Å². The molecule has 0 bridgehead atoms. The van der Waals surface area contributed by atoms with Crippen LogP contribution in [0.5, 0.6) is 11.5 Å². The van der Waals surface area contributed by atoms with Crippen LogP contribution in [-0.2, 0) is 13.1 Å². The van der Waals surface area contributed by atoms with E-state index in [9.17, 15) is 4.79 Å². The van der Waals surface area contributed by atoms with Crippen LogP contribution >= 0.6 is 0 Å². The number of carbonyl (C=O) groups is 1. The number of oxazole rings is 1. The van der Waals surface area contributed by atoms with Gasteiger partial charge in [0.25, 0.3) is 5.91 Å². The van der Waals surface area contributed by atoms with Crippen molar-refractivity contribution in [2.24, 2.45) is 0 Å². The van der Waals surface area contributed by atoms with Crippen LogP contribution in [0.3, 0.4) is 0 Å². The lowest BCUT2D eigenvalue weighted by Gasteiger charge is -2.34. The van der Waals surface area contributed by atoms with Gasteiger partial charge in [-0.3, -0.25) is 14.6 Å². The maximum atomic E-state index is 12.8. The van der Waals surface area contributed by atoms with E-state index < -0.39 is 0 Å². The molecule has 2 aliphatic rings. The largest absolute Gasteiger partial charge is 0.497 e. The van der Waals surface area contributed by atoms with Crippen LogP contribution < -0.4 is 9.47 Å². The third-order valence-electron chi connectivity index (χ3n) is 6.48. The Hall–Kier alpha value is -2.58. The molecule has 174 valence electrons. The average Bonchev–Trinajstić information content (AvgIpc) is 3.28. The van der Waals surface area contributed by atoms with Gasteiger partial charge in [-0.25, -0.2) is 4.98 Å². The highest BCUT2D eigenvalue weighted by atomic mass is 16.5. The normalized spacial score (nSPS) is 20.3. The molecule has 8 nitrogen and oxygen atoms in total. The Labute approximate surface area is 190 Å². The van der Waals surface area contributed by atoms with Gasteiger partial charge in [-0.05, 0) is 43.9 Å². The molecule has 0 radical (unpaired) electrons. The number of ether oxygens (including phenoxy) is 2. The fourth-order valence-corrected chi connectivity index (χ4v) is 4.54. The molecule has 0 N–H and O–H groups in total. The first-order valence-corrected chi connectivity index (χ1v) is 11.5. The van der Waals surface area contributed by atoms with Crippen molar-refractivity contribution in [1.82, 2.24) is 19.7 Å². The number of rotatable bonds is 7.